The van der Waals surface area contributed by atoms with Crippen LogP contribution in [-0.2, 0) is 6.61 Å². The van der Waals surface area contributed by atoms with Gasteiger partial charge in [-0.3, -0.25) is 4.98 Å². The summed E-state index contributed by atoms with van der Waals surface area (Å²) in [6.45, 7) is 0.209. The Labute approximate surface area is 115 Å². The van der Waals surface area contributed by atoms with E-state index >= 15 is 0 Å². The Hall–Kier alpha value is -2.76. The molecule has 0 spiro atoms. The minimum atomic E-state index is -1.12. The van der Waals surface area contributed by atoms with Gasteiger partial charge in [0.2, 0.25) is 0 Å². The van der Waals surface area contributed by atoms with Crippen molar-refractivity contribution in [2.45, 2.75) is 6.61 Å². The van der Waals surface area contributed by atoms with Gasteiger partial charge in [-0.25, -0.2) is 4.79 Å². The Bertz CT molecular complexity index is 614. The summed E-state index contributed by atoms with van der Waals surface area (Å²) in [4.78, 5) is 15.2. The molecule has 0 radical (unpaired) electrons. The first-order chi connectivity index (χ1) is 9.61. The number of rotatable bonds is 5. The van der Waals surface area contributed by atoms with Crippen LogP contribution < -0.4 is 15.2 Å². The highest BCUT2D eigenvalue weighted by Crippen LogP contribution is 2.32. The highest BCUT2D eigenvalue weighted by Gasteiger charge is 2.14. The molecule has 1 aromatic carbocycles. The van der Waals surface area contributed by atoms with Gasteiger partial charge in [0.1, 0.15) is 6.61 Å². The van der Waals surface area contributed by atoms with Crippen molar-refractivity contribution >= 4 is 11.7 Å². The SMILES string of the molecule is COc1cc(N)c(C(=O)O)cc1OCc1ccccn1. The summed E-state index contributed by atoms with van der Waals surface area (Å²) in [5.74, 6) is -0.430. The maximum Gasteiger partial charge on any atom is 0.337 e. The number of pyridine rings is 1. The molecule has 0 saturated carbocycles. The number of carboxylic acids is 1. The van der Waals surface area contributed by atoms with Crippen molar-refractivity contribution in [2.24, 2.45) is 0 Å². The molecule has 2 aromatic rings. The summed E-state index contributed by atoms with van der Waals surface area (Å²) >= 11 is 0. The van der Waals surface area contributed by atoms with E-state index in [0.29, 0.717) is 11.5 Å². The van der Waals surface area contributed by atoms with Crippen LogP contribution in [0.15, 0.2) is 36.5 Å². The quantitative estimate of drug-likeness (QED) is 0.809. The molecule has 0 unspecified atom stereocenters. The van der Waals surface area contributed by atoms with Crippen molar-refractivity contribution < 1.29 is 19.4 Å². The Morgan fingerprint density at radius 2 is 2.15 bits per heavy atom. The van der Waals surface area contributed by atoms with Crippen molar-refractivity contribution in [2.75, 3.05) is 12.8 Å². The topological polar surface area (TPSA) is 94.7 Å². The standard InChI is InChI=1S/C14H14N2O4/c1-19-12-7-11(15)10(14(17)18)6-13(12)20-8-9-4-2-3-5-16-9/h2-7H,8,15H2,1H3,(H,17,18). The molecule has 0 fully saturated rings. The van der Waals surface area contributed by atoms with Crippen LogP contribution in [0, 0.1) is 0 Å². The van der Waals surface area contributed by atoms with Gasteiger partial charge in [0.25, 0.3) is 0 Å². The molecule has 2 rings (SSSR count). The minimum Gasteiger partial charge on any atom is -0.493 e. The zero-order chi connectivity index (χ0) is 14.5. The predicted octanol–water partition coefficient (Wildman–Crippen LogP) is 1.95. The van der Waals surface area contributed by atoms with Crippen LogP contribution >= 0.6 is 0 Å². The molecule has 0 aliphatic carbocycles. The maximum atomic E-state index is 11.1. The molecule has 0 atom stereocenters. The molecule has 0 saturated heterocycles. The maximum absolute atomic E-state index is 11.1. The Balaban J connectivity index is 2.25. The van der Waals surface area contributed by atoms with Crippen LogP contribution in [-0.4, -0.2) is 23.2 Å². The van der Waals surface area contributed by atoms with Gasteiger partial charge in [-0.05, 0) is 12.1 Å². The fourth-order valence-electron chi connectivity index (χ4n) is 1.67. The van der Waals surface area contributed by atoms with Crippen molar-refractivity contribution in [3.05, 3.63) is 47.8 Å². The van der Waals surface area contributed by atoms with Crippen LogP contribution in [0.5, 0.6) is 11.5 Å². The molecular formula is C14H14N2O4. The zero-order valence-corrected chi connectivity index (χ0v) is 10.9. The van der Waals surface area contributed by atoms with Gasteiger partial charge in [0.05, 0.1) is 24.1 Å². The normalized spacial score (nSPS) is 10.1. The van der Waals surface area contributed by atoms with Crippen LogP contribution in [0.3, 0.4) is 0 Å². The van der Waals surface area contributed by atoms with Crippen molar-refractivity contribution in [1.29, 1.82) is 0 Å². The van der Waals surface area contributed by atoms with E-state index in [-0.39, 0.29) is 17.9 Å². The van der Waals surface area contributed by atoms with E-state index in [2.05, 4.69) is 4.98 Å². The summed E-state index contributed by atoms with van der Waals surface area (Å²) < 4.78 is 10.7. The molecule has 20 heavy (non-hydrogen) atoms. The molecule has 0 aliphatic heterocycles. The number of hydrogen-bond acceptors (Lipinski definition) is 5. The Morgan fingerprint density at radius 1 is 1.35 bits per heavy atom. The smallest absolute Gasteiger partial charge is 0.337 e. The Kier molecular flexibility index (Phi) is 4.05. The van der Waals surface area contributed by atoms with E-state index in [0.717, 1.165) is 5.69 Å². The largest absolute Gasteiger partial charge is 0.493 e. The number of hydrogen-bond donors (Lipinski definition) is 2. The summed E-state index contributed by atoms with van der Waals surface area (Å²) in [5.41, 5.74) is 6.47. The molecule has 1 aromatic heterocycles. The number of nitrogens with zero attached hydrogens (tertiary/aromatic N) is 1. The van der Waals surface area contributed by atoms with E-state index < -0.39 is 5.97 Å². The fraction of sp³-hybridized carbons (Fsp3) is 0.143. The molecule has 6 heteroatoms. The third-order valence-corrected chi connectivity index (χ3v) is 2.67. The Morgan fingerprint density at radius 3 is 2.75 bits per heavy atom. The van der Waals surface area contributed by atoms with Crippen molar-refractivity contribution in [3.8, 4) is 11.5 Å². The van der Waals surface area contributed by atoms with Crippen molar-refractivity contribution in [3.63, 3.8) is 0 Å². The number of ether oxygens (including phenoxy) is 2. The number of benzene rings is 1. The lowest BCUT2D eigenvalue weighted by molar-refractivity contribution is 0.0697. The highest BCUT2D eigenvalue weighted by atomic mass is 16.5. The summed E-state index contributed by atoms with van der Waals surface area (Å²) in [5, 5.41) is 9.05. The second-order valence-corrected chi connectivity index (χ2v) is 4.01. The number of aromatic carboxylic acids is 1. The number of nitrogens with two attached hydrogens (primary N) is 1. The molecule has 104 valence electrons. The van der Waals surface area contributed by atoms with E-state index in [1.54, 1.807) is 12.3 Å². The number of anilines is 1. The molecule has 0 amide bonds. The molecule has 6 nitrogen and oxygen atoms in total. The van der Waals surface area contributed by atoms with Gasteiger partial charge in [-0.2, -0.15) is 0 Å². The molecule has 0 aliphatic rings. The average Bonchev–Trinajstić information content (AvgIpc) is 2.46. The zero-order valence-electron chi connectivity index (χ0n) is 10.9. The minimum absolute atomic E-state index is 0.0261. The van der Waals surface area contributed by atoms with Crippen LogP contribution in [0.25, 0.3) is 0 Å². The van der Waals surface area contributed by atoms with E-state index in [1.807, 2.05) is 12.1 Å². The first-order valence-corrected chi connectivity index (χ1v) is 5.85. The monoisotopic (exact) mass is 274 g/mol. The molecule has 3 N–H and O–H groups in total. The number of carboxylic acid groups (broad SMARTS) is 1. The third kappa shape index (κ3) is 2.97. The molecule has 0 bridgehead atoms. The van der Waals surface area contributed by atoms with E-state index in [1.165, 1.54) is 19.2 Å². The van der Waals surface area contributed by atoms with E-state index in [9.17, 15) is 4.79 Å². The number of carbonyl (C=O) groups is 1. The predicted molar refractivity (Wildman–Crippen MR) is 72.9 cm³/mol. The van der Waals surface area contributed by atoms with Gasteiger partial charge < -0.3 is 20.3 Å². The third-order valence-electron chi connectivity index (χ3n) is 2.67. The van der Waals surface area contributed by atoms with Gasteiger partial charge in [0, 0.05) is 18.3 Å². The average molecular weight is 274 g/mol. The van der Waals surface area contributed by atoms with Crippen LogP contribution in [0.2, 0.25) is 0 Å². The summed E-state index contributed by atoms with van der Waals surface area (Å²) in [7, 11) is 1.46. The van der Waals surface area contributed by atoms with Gasteiger partial charge in [-0.15, -0.1) is 0 Å². The first kappa shape index (κ1) is 13.7. The number of methoxy groups -OCH3 is 1. The second kappa shape index (κ2) is 5.92. The lowest BCUT2D eigenvalue weighted by atomic mass is 10.1. The summed E-state index contributed by atoms with van der Waals surface area (Å²) in [6.07, 6.45) is 1.65. The number of nitrogen functional groups attached to an aromatic ring is 1. The van der Waals surface area contributed by atoms with Gasteiger partial charge in [-0.1, -0.05) is 6.07 Å². The second-order valence-electron chi connectivity index (χ2n) is 4.01. The number of aromatic nitrogens is 1. The first-order valence-electron chi connectivity index (χ1n) is 5.85. The van der Waals surface area contributed by atoms with Crippen LogP contribution in [0.1, 0.15) is 16.1 Å². The van der Waals surface area contributed by atoms with Crippen molar-refractivity contribution in [1.82, 2.24) is 4.98 Å². The lowest BCUT2D eigenvalue weighted by Crippen LogP contribution is -2.05. The van der Waals surface area contributed by atoms with Gasteiger partial charge >= 0.3 is 5.97 Å². The van der Waals surface area contributed by atoms with E-state index in [4.69, 9.17) is 20.3 Å². The summed E-state index contributed by atoms with van der Waals surface area (Å²) in [6, 6.07) is 8.23. The highest BCUT2D eigenvalue weighted by molar-refractivity contribution is 5.94. The fourth-order valence-corrected chi connectivity index (χ4v) is 1.67. The van der Waals surface area contributed by atoms with Crippen LogP contribution in [0.4, 0.5) is 5.69 Å². The molecule has 1 heterocycles. The lowest BCUT2D eigenvalue weighted by Gasteiger charge is -2.12. The molecular weight excluding hydrogens is 260 g/mol. The van der Waals surface area contributed by atoms with Gasteiger partial charge in [0.15, 0.2) is 11.5 Å².